The lowest BCUT2D eigenvalue weighted by Gasteiger charge is -2.20. The van der Waals surface area contributed by atoms with Crippen LogP contribution in [0, 0.1) is 0 Å². The zero-order chi connectivity index (χ0) is 15.2. The predicted molar refractivity (Wildman–Crippen MR) is 78.9 cm³/mol. The SMILES string of the molecule is COc1cc(CNCCC(=O)NC(C)(C)C)ccc1O. The summed E-state index contributed by atoms with van der Waals surface area (Å²) in [5.74, 6) is 0.615. The summed E-state index contributed by atoms with van der Waals surface area (Å²) in [5, 5.41) is 15.6. The maximum Gasteiger partial charge on any atom is 0.221 e. The van der Waals surface area contributed by atoms with Gasteiger partial charge in [0.25, 0.3) is 0 Å². The molecule has 1 rings (SSSR count). The van der Waals surface area contributed by atoms with Crippen molar-refractivity contribution in [3.05, 3.63) is 23.8 Å². The third kappa shape index (κ3) is 5.93. The number of hydrogen-bond acceptors (Lipinski definition) is 4. The summed E-state index contributed by atoms with van der Waals surface area (Å²) in [5.41, 5.74) is 0.803. The minimum Gasteiger partial charge on any atom is -0.504 e. The van der Waals surface area contributed by atoms with Crippen molar-refractivity contribution in [1.29, 1.82) is 0 Å². The fourth-order valence-corrected chi connectivity index (χ4v) is 1.75. The van der Waals surface area contributed by atoms with Crippen LogP contribution >= 0.6 is 0 Å². The molecular formula is C15H24N2O3. The maximum atomic E-state index is 11.6. The monoisotopic (exact) mass is 280 g/mol. The lowest BCUT2D eigenvalue weighted by molar-refractivity contribution is -0.122. The molecular weight excluding hydrogens is 256 g/mol. The summed E-state index contributed by atoms with van der Waals surface area (Å²) >= 11 is 0. The van der Waals surface area contributed by atoms with Crippen molar-refractivity contribution < 1.29 is 14.6 Å². The van der Waals surface area contributed by atoms with Crippen LogP contribution in [-0.4, -0.2) is 30.2 Å². The molecule has 5 heteroatoms. The largest absolute Gasteiger partial charge is 0.504 e. The Hall–Kier alpha value is -1.75. The van der Waals surface area contributed by atoms with Crippen molar-refractivity contribution in [3.8, 4) is 11.5 Å². The molecule has 1 aromatic carbocycles. The molecule has 0 fully saturated rings. The number of hydrogen-bond donors (Lipinski definition) is 3. The molecule has 0 spiro atoms. The van der Waals surface area contributed by atoms with Crippen molar-refractivity contribution in [2.24, 2.45) is 0 Å². The van der Waals surface area contributed by atoms with E-state index in [1.54, 1.807) is 12.1 Å². The first kappa shape index (κ1) is 16.3. The van der Waals surface area contributed by atoms with Crippen LogP contribution in [0.1, 0.15) is 32.8 Å². The van der Waals surface area contributed by atoms with Crippen LogP contribution in [0.2, 0.25) is 0 Å². The molecule has 1 aromatic rings. The Kier molecular flexibility index (Phi) is 5.82. The third-order valence-corrected chi connectivity index (χ3v) is 2.62. The molecule has 112 valence electrons. The molecule has 0 aliphatic carbocycles. The first-order valence-electron chi connectivity index (χ1n) is 6.69. The average molecular weight is 280 g/mol. The minimum absolute atomic E-state index is 0.0355. The van der Waals surface area contributed by atoms with E-state index in [9.17, 15) is 9.90 Å². The standard InChI is InChI=1S/C15H24N2O3/c1-15(2,3)17-14(19)7-8-16-10-11-5-6-12(18)13(9-11)20-4/h5-6,9,16,18H,7-8,10H2,1-4H3,(H,17,19). The number of methoxy groups -OCH3 is 1. The highest BCUT2D eigenvalue weighted by Crippen LogP contribution is 2.26. The number of carbonyl (C=O) groups is 1. The van der Waals surface area contributed by atoms with Gasteiger partial charge >= 0.3 is 0 Å². The van der Waals surface area contributed by atoms with E-state index in [2.05, 4.69) is 10.6 Å². The zero-order valence-electron chi connectivity index (χ0n) is 12.6. The van der Waals surface area contributed by atoms with E-state index in [0.717, 1.165) is 5.56 Å². The number of rotatable bonds is 6. The van der Waals surface area contributed by atoms with E-state index in [1.165, 1.54) is 7.11 Å². The molecule has 5 nitrogen and oxygen atoms in total. The topological polar surface area (TPSA) is 70.6 Å². The van der Waals surface area contributed by atoms with Crippen LogP contribution < -0.4 is 15.4 Å². The molecule has 0 unspecified atom stereocenters. The van der Waals surface area contributed by atoms with Gasteiger partial charge in [-0.25, -0.2) is 0 Å². The van der Waals surface area contributed by atoms with Gasteiger partial charge in [-0.1, -0.05) is 6.07 Å². The Labute approximate surface area is 120 Å². The summed E-state index contributed by atoms with van der Waals surface area (Å²) in [6.07, 6.45) is 0.437. The minimum atomic E-state index is -0.193. The van der Waals surface area contributed by atoms with E-state index >= 15 is 0 Å². The fraction of sp³-hybridized carbons (Fsp3) is 0.533. The van der Waals surface area contributed by atoms with E-state index in [4.69, 9.17) is 4.74 Å². The molecule has 0 aliphatic rings. The van der Waals surface area contributed by atoms with Crippen molar-refractivity contribution >= 4 is 5.91 Å². The van der Waals surface area contributed by atoms with Crippen LogP contribution in [0.3, 0.4) is 0 Å². The summed E-state index contributed by atoms with van der Waals surface area (Å²) in [6, 6.07) is 5.19. The number of ether oxygens (including phenoxy) is 1. The predicted octanol–water partition coefficient (Wildman–Crippen LogP) is 1.80. The van der Waals surface area contributed by atoms with Gasteiger partial charge in [0.05, 0.1) is 7.11 Å². The molecule has 0 radical (unpaired) electrons. The fourth-order valence-electron chi connectivity index (χ4n) is 1.75. The zero-order valence-corrected chi connectivity index (χ0v) is 12.6. The summed E-state index contributed by atoms with van der Waals surface area (Å²) < 4.78 is 5.04. The van der Waals surface area contributed by atoms with Gasteiger partial charge in [-0.2, -0.15) is 0 Å². The van der Waals surface area contributed by atoms with Gasteiger partial charge in [-0.05, 0) is 38.5 Å². The molecule has 1 amide bonds. The molecule has 0 aliphatic heterocycles. The van der Waals surface area contributed by atoms with Gasteiger partial charge in [0, 0.05) is 25.0 Å². The van der Waals surface area contributed by atoms with Crippen molar-refractivity contribution in [1.82, 2.24) is 10.6 Å². The Morgan fingerprint density at radius 2 is 2.05 bits per heavy atom. The van der Waals surface area contributed by atoms with Crippen molar-refractivity contribution in [2.45, 2.75) is 39.3 Å². The van der Waals surface area contributed by atoms with Crippen LogP contribution in [0.5, 0.6) is 11.5 Å². The summed E-state index contributed by atoms with van der Waals surface area (Å²) in [6.45, 7) is 7.10. The first-order chi connectivity index (χ1) is 9.31. The van der Waals surface area contributed by atoms with Gasteiger partial charge in [0.1, 0.15) is 0 Å². The molecule has 0 aromatic heterocycles. The number of phenolic OH excluding ortho intramolecular Hbond substituents is 1. The molecule has 0 saturated carbocycles. The molecule has 0 atom stereocenters. The lowest BCUT2D eigenvalue weighted by Crippen LogP contribution is -2.41. The number of carbonyl (C=O) groups excluding carboxylic acids is 1. The highest BCUT2D eigenvalue weighted by molar-refractivity contribution is 5.76. The van der Waals surface area contributed by atoms with Crippen molar-refractivity contribution in [2.75, 3.05) is 13.7 Å². The normalized spacial score (nSPS) is 11.2. The number of amides is 1. The second kappa shape index (κ2) is 7.14. The molecule has 0 saturated heterocycles. The van der Waals surface area contributed by atoms with E-state index < -0.39 is 0 Å². The number of benzene rings is 1. The summed E-state index contributed by atoms with van der Waals surface area (Å²) in [4.78, 5) is 11.6. The third-order valence-electron chi connectivity index (χ3n) is 2.62. The first-order valence-corrected chi connectivity index (χ1v) is 6.69. The molecule has 20 heavy (non-hydrogen) atoms. The van der Waals surface area contributed by atoms with Crippen LogP contribution in [0.25, 0.3) is 0 Å². The van der Waals surface area contributed by atoms with E-state index in [1.807, 2.05) is 26.8 Å². The molecule has 0 heterocycles. The number of aromatic hydroxyl groups is 1. The van der Waals surface area contributed by atoms with Gasteiger partial charge < -0.3 is 20.5 Å². The van der Waals surface area contributed by atoms with Gasteiger partial charge in [-0.3, -0.25) is 4.79 Å². The van der Waals surface area contributed by atoms with Gasteiger partial charge in [0.2, 0.25) is 5.91 Å². The highest BCUT2D eigenvalue weighted by atomic mass is 16.5. The van der Waals surface area contributed by atoms with Gasteiger partial charge in [-0.15, -0.1) is 0 Å². The quantitative estimate of drug-likeness (QED) is 0.695. The second-order valence-corrected chi connectivity index (χ2v) is 5.73. The van der Waals surface area contributed by atoms with Crippen LogP contribution in [-0.2, 0) is 11.3 Å². The Morgan fingerprint density at radius 1 is 1.35 bits per heavy atom. The second-order valence-electron chi connectivity index (χ2n) is 5.73. The number of nitrogens with one attached hydrogen (secondary N) is 2. The van der Waals surface area contributed by atoms with Crippen LogP contribution in [0.4, 0.5) is 0 Å². The van der Waals surface area contributed by atoms with Crippen molar-refractivity contribution in [3.63, 3.8) is 0 Å². The number of phenols is 1. The molecule has 3 N–H and O–H groups in total. The Balaban J connectivity index is 2.33. The van der Waals surface area contributed by atoms with Crippen LogP contribution in [0.15, 0.2) is 18.2 Å². The average Bonchev–Trinajstić information content (AvgIpc) is 2.34. The Morgan fingerprint density at radius 3 is 2.65 bits per heavy atom. The van der Waals surface area contributed by atoms with Gasteiger partial charge in [0.15, 0.2) is 11.5 Å². The Bertz CT molecular complexity index is 453. The molecule has 0 bridgehead atoms. The highest BCUT2D eigenvalue weighted by Gasteiger charge is 2.12. The summed E-state index contributed by atoms with van der Waals surface area (Å²) in [7, 11) is 1.52. The maximum absolute atomic E-state index is 11.6. The van der Waals surface area contributed by atoms with E-state index in [-0.39, 0.29) is 17.2 Å². The van der Waals surface area contributed by atoms with E-state index in [0.29, 0.717) is 25.3 Å². The lowest BCUT2D eigenvalue weighted by atomic mass is 10.1. The smallest absolute Gasteiger partial charge is 0.221 e.